The second-order valence-electron chi connectivity index (χ2n) is 1.92. The minimum absolute atomic E-state index is 0.672. The quantitative estimate of drug-likeness (QED) is 0.548. The fraction of sp³-hybridized carbons (Fsp3) is 0.429. The molecular formula is C7H13N. The van der Waals surface area contributed by atoms with Gasteiger partial charge >= 0.3 is 0 Å². The molecule has 1 nitrogen and oxygen atoms in total. The number of rotatable bonds is 3. The number of hydrogen-bond acceptors (Lipinski definition) is 1. The lowest BCUT2D eigenvalue weighted by Crippen LogP contribution is -1.99. The largest absolute Gasteiger partial charge is 0.330 e. The molecule has 0 amide bonds. The van der Waals surface area contributed by atoms with E-state index < -0.39 is 0 Å². The Kier molecular flexibility index (Phi) is 3.20. The zero-order valence-electron chi connectivity index (χ0n) is 5.41. The highest BCUT2D eigenvalue weighted by Gasteiger charge is 1.89. The molecule has 0 aliphatic rings. The Labute approximate surface area is 50.9 Å². The van der Waals surface area contributed by atoms with Crippen molar-refractivity contribution in [3.8, 4) is 0 Å². The van der Waals surface area contributed by atoms with Gasteiger partial charge in [-0.05, 0) is 19.9 Å². The maximum Gasteiger partial charge on any atom is -0.00368 e. The molecule has 0 radical (unpaired) electrons. The first-order valence-corrected chi connectivity index (χ1v) is 2.72. The molecule has 8 heavy (non-hydrogen) atoms. The number of nitrogens with two attached hydrogens (primary N) is 1. The summed E-state index contributed by atoms with van der Waals surface area (Å²) in [5.74, 6) is 0. The van der Waals surface area contributed by atoms with Gasteiger partial charge in [0.15, 0.2) is 0 Å². The van der Waals surface area contributed by atoms with Gasteiger partial charge in [-0.1, -0.05) is 24.3 Å². The fourth-order valence-corrected chi connectivity index (χ4v) is 0.388. The first-order valence-electron chi connectivity index (χ1n) is 2.72. The summed E-state index contributed by atoms with van der Waals surface area (Å²) in [6.07, 6.45) is 0.870. The average Bonchev–Trinajstić information content (AvgIpc) is 1.67. The van der Waals surface area contributed by atoms with Crippen LogP contribution < -0.4 is 5.73 Å². The number of hydrogen-bond donors (Lipinski definition) is 1. The molecule has 0 aromatic heterocycles. The van der Waals surface area contributed by atoms with Crippen molar-refractivity contribution in [2.24, 2.45) is 5.73 Å². The minimum atomic E-state index is 0.672. The third kappa shape index (κ3) is 2.59. The van der Waals surface area contributed by atoms with E-state index in [1.165, 1.54) is 0 Å². The predicted molar refractivity (Wildman–Crippen MR) is 37.6 cm³/mol. The van der Waals surface area contributed by atoms with Crippen LogP contribution in [0.2, 0.25) is 0 Å². The second-order valence-corrected chi connectivity index (χ2v) is 1.92. The Hall–Kier alpha value is -0.560. The van der Waals surface area contributed by atoms with Crippen molar-refractivity contribution in [3.63, 3.8) is 0 Å². The molecule has 0 bridgehead atoms. The SMILES string of the molecule is C=C(C)C(=C)CCN. The molecule has 0 fully saturated rings. The second kappa shape index (κ2) is 3.44. The molecule has 0 spiro atoms. The first-order chi connectivity index (χ1) is 3.68. The summed E-state index contributed by atoms with van der Waals surface area (Å²) in [4.78, 5) is 0. The maximum absolute atomic E-state index is 5.27. The van der Waals surface area contributed by atoms with E-state index in [0.29, 0.717) is 6.54 Å². The zero-order valence-corrected chi connectivity index (χ0v) is 5.41. The molecule has 0 rings (SSSR count). The molecular weight excluding hydrogens is 98.1 g/mol. The van der Waals surface area contributed by atoms with Gasteiger partial charge in [0.2, 0.25) is 0 Å². The summed E-state index contributed by atoms with van der Waals surface area (Å²) in [6, 6.07) is 0. The van der Waals surface area contributed by atoms with Crippen LogP contribution in [0.3, 0.4) is 0 Å². The van der Waals surface area contributed by atoms with E-state index >= 15 is 0 Å². The maximum atomic E-state index is 5.27. The lowest BCUT2D eigenvalue weighted by Gasteiger charge is -1.99. The van der Waals surface area contributed by atoms with Crippen LogP contribution in [-0.4, -0.2) is 6.54 Å². The van der Waals surface area contributed by atoms with E-state index in [9.17, 15) is 0 Å². The normalized spacial score (nSPS) is 8.75. The van der Waals surface area contributed by atoms with E-state index in [2.05, 4.69) is 13.2 Å². The fourth-order valence-electron chi connectivity index (χ4n) is 0.388. The highest BCUT2D eigenvalue weighted by Crippen LogP contribution is 2.05. The van der Waals surface area contributed by atoms with Crippen molar-refractivity contribution in [2.75, 3.05) is 6.54 Å². The van der Waals surface area contributed by atoms with E-state index in [1.807, 2.05) is 6.92 Å². The molecule has 0 atom stereocenters. The van der Waals surface area contributed by atoms with Crippen molar-refractivity contribution in [1.29, 1.82) is 0 Å². The minimum Gasteiger partial charge on any atom is -0.330 e. The van der Waals surface area contributed by atoms with Crippen LogP contribution >= 0.6 is 0 Å². The van der Waals surface area contributed by atoms with Gasteiger partial charge in [-0.15, -0.1) is 0 Å². The van der Waals surface area contributed by atoms with Gasteiger partial charge in [0, 0.05) is 0 Å². The third-order valence-corrected chi connectivity index (χ3v) is 1.05. The molecule has 0 aliphatic carbocycles. The van der Waals surface area contributed by atoms with Gasteiger partial charge in [0.25, 0.3) is 0 Å². The van der Waals surface area contributed by atoms with Crippen molar-refractivity contribution < 1.29 is 0 Å². The Morgan fingerprint density at radius 2 is 2.00 bits per heavy atom. The van der Waals surface area contributed by atoms with Gasteiger partial charge in [0.05, 0.1) is 0 Å². The predicted octanol–water partition coefficient (Wildman–Crippen LogP) is 1.47. The molecule has 46 valence electrons. The molecule has 0 unspecified atom stereocenters. The summed E-state index contributed by atoms with van der Waals surface area (Å²) in [6.45, 7) is 10.1. The van der Waals surface area contributed by atoms with E-state index in [1.54, 1.807) is 0 Å². The average molecular weight is 111 g/mol. The highest BCUT2D eigenvalue weighted by atomic mass is 14.5. The van der Waals surface area contributed by atoms with Gasteiger partial charge in [0.1, 0.15) is 0 Å². The highest BCUT2D eigenvalue weighted by molar-refractivity contribution is 5.22. The zero-order chi connectivity index (χ0) is 6.57. The Morgan fingerprint density at radius 1 is 1.50 bits per heavy atom. The Bertz CT molecular complexity index is 103. The topological polar surface area (TPSA) is 26.0 Å². The van der Waals surface area contributed by atoms with Gasteiger partial charge in [-0.2, -0.15) is 0 Å². The standard InChI is InChI=1S/C7H13N/c1-6(2)7(3)4-5-8/h1,3-5,8H2,2H3. The van der Waals surface area contributed by atoms with Crippen LogP contribution in [0.4, 0.5) is 0 Å². The van der Waals surface area contributed by atoms with Crippen LogP contribution in [0, 0.1) is 0 Å². The molecule has 0 heterocycles. The van der Waals surface area contributed by atoms with E-state index in [4.69, 9.17) is 5.73 Å². The lowest BCUT2D eigenvalue weighted by molar-refractivity contribution is 0.962. The summed E-state index contributed by atoms with van der Waals surface area (Å²) < 4.78 is 0. The van der Waals surface area contributed by atoms with Crippen LogP contribution in [-0.2, 0) is 0 Å². The smallest absolute Gasteiger partial charge is 0.00368 e. The molecule has 0 saturated carbocycles. The van der Waals surface area contributed by atoms with Crippen molar-refractivity contribution in [2.45, 2.75) is 13.3 Å². The van der Waals surface area contributed by atoms with Crippen molar-refractivity contribution in [1.82, 2.24) is 0 Å². The molecule has 0 aromatic rings. The Morgan fingerprint density at radius 3 is 2.12 bits per heavy atom. The van der Waals surface area contributed by atoms with Crippen LogP contribution in [0.5, 0.6) is 0 Å². The molecule has 0 aliphatic heterocycles. The van der Waals surface area contributed by atoms with Gasteiger partial charge in [-0.25, -0.2) is 0 Å². The van der Waals surface area contributed by atoms with Crippen molar-refractivity contribution in [3.05, 3.63) is 24.3 Å². The van der Waals surface area contributed by atoms with Crippen LogP contribution in [0.1, 0.15) is 13.3 Å². The summed E-state index contributed by atoms with van der Waals surface area (Å²) in [5.41, 5.74) is 7.37. The number of allylic oxidation sites excluding steroid dienone is 1. The van der Waals surface area contributed by atoms with Crippen LogP contribution in [0.15, 0.2) is 24.3 Å². The van der Waals surface area contributed by atoms with Crippen LogP contribution in [0.25, 0.3) is 0 Å². The van der Waals surface area contributed by atoms with Gasteiger partial charge in [-0.3, -0.25) is 0 Å². The van der Waals surface area contributed by atoms with Crippen molar-refractivity contribution >= 4 is 0 Å². The molecule has 0 aromatic carbocycles. The van der Waals surface area contributed by atoms with E-state index in [-0.39, 0.29) is 0 Å². The molecule has 0 saturated heterocycles. The van der Waals surface area contributed by atoms with Gasteiger partial charge < -0.3 is 5.73 Å². The first kappa shape index (κ1) is 7.44. The monoisotopic (exact) mass is 111 g/mol. The molecule has 1 heteroatoms. The third-order valence-electron chi connectivity index (χ3n) is 1.05. The summed E-state index contributed by atoms with van der Waals surface area (Å²) in [5, 5.41) is 0. The Balaban J connectivity index is 3.49. The molecule has 2 N–H and O–H groups in total. The summed E-state index contributed by atoms with van der Waals surface area (Å²) in [7, 11) is 0. The lowest BCUT2D eigenvalue weighted by atomic mass is 10.1. The summed E-state index contributed by atoms with van der Waals surface area (Å²) >= 11 is 0. The van der Waals surface area contributed by atoms with E-state index in [0.717, 1.165) is 17.6 Å².